The molecule has 0 aliphatic carbocycles. The van der Waals surface area contributed by atoms with Gasteiger partial charge in [0.25, 0.3) is 5.91 Å². The van der Waals surface area contributed by atoms with E-state index in [-0.39, 0.29) is 17.3 Å². The van der Waals surface area contributed by atoms with Gasteiger partial charge in [0.1, 0.15) is 11.4 Å². The first kappa shape index (κ1) is 15.5. The number of thioether (sulfide) groups is 1. The molecule has 4 rings (SSSR count). The molecule has 2 fully saturated rings. The van der Waals surface area contributed by atoms with Crippen LogP contribution in [-0.2, 0) is 4.79 Å². The second-order valence-electron chi connectivity index (χ2n) is 5.95. The van der Waals surface area contributed by atoms with E-state index in [1.807, 2.05) is 55.5 Å². The zero-order valence-electron chi connectivity index (χ0n) is 13.0. The van der Waals surface area contributed by atoms with Crippen molar-refractivity contribution >= 4 is 41.0 Å². The van der Waals surface area contributed by atoms with Crippen LogP contribution in [-0.4, -0.2) is 28.6 Å². The van der Waals surface area contributed by atoms with Crippen LogP contribution in [0.15, 0.2) is 48.5 Å². The molecule has 0 saturated carbocycles. The molecule has 3 amide bonds. The highest BCUT2D eigenvalue weighted by Crippen LogP contribution is 2.46. The molecule has 0 unspecified atom stereocenters. The Hall–Kier alpha value is -1.98. The summed E-state index contributed by atoms with van der Waals surface area (Å²) in [6.07, 6.45) is 0. The Morgan fingerprint density at radius 3 is 2.38 bits per heavy atom. The van der Waals surface area contributed by atoms with Crippen molar-refractivity contribution in [2.45, 2.75) is 18.3 Å². The molecule has 2 aromatic carbocycles. The highest BCUT2D eigenvalue weighted by Gasteiger charge is 2.53. The SMILES string of the molecule is Cc1ccc(N2C(=O)[C@H]3CS[C@H](c4ccc(Cl)cc4)N3C2=O)cc1. The third-order valence-corrected chi connectivity index (χ3v) is 5.94. The number of carbonyl (C=O) groups is 2. The Bertz CT molecular complexity index is 807. The highest BCUT2D eigenvalue weighted by atomic mass is 35.5. The molecule has 0 aromatic heterocycles. The first-order valence-corrected chi connectivity index (χ1v) is 9.09. The first-order chi connectivity index (χ1) is 11.6. The fraction of sp³-hybridized carbons (Fsp3) is 0.222. The Morgan fingerprint density at radius 1 is 1.04 bits per heavy atom. The molecule has 0 radical (unpaired) electrons. The molecule has 2 saturated heterocycles. The van der Waals surface area contributed by atoms with Gasteiger partial charge in [-0.15, -0.1) is 11.8 Å². The van der Waals surface area contributed by atoms with Gasteiger partial charge in [-0.25, -0.2) is 9.69 Å². The van der Waals surface area contributed by atoms with Gasteiger partial charge >= 0.3 is 6.03 Å². The Morgan fingerprint density at radius 2 is 1.71 bits per heavy atom. The number of anilines is 1. The predicted octanol–water partition coefficient (Wildman–Crippen LogP) is 4.23. The molecule has 0 bridgehead atoms. The molecule has 6 heteroatoms. The zero-order valence-corrected chi connectivity index (χ0v) is 14.6. The summed E-state index contributed by atoms with van der Waals surface area (Å²) in [6.45, 7) is 1.98. The fourth-order valence-electron chi connectivity index (χ4n) is 3.10. The van der Waals surface area contributed by atoms with Crippen molar-refractivity contribution in [1.82, 2.24) is 4.90 Å². The summed E-state index contributed by atoms with van der Waals surface area (Å²) < 4.78 is 0. The van der Waals surface area contributed by atoms with Crippen molar-refractivity contribution in [2.75, 3.05) is 10.7 Å². The number of halogens is 1. The first-order valence-electron chi connectivity index (χ1n) is 7.66. The van der Waals surface area contributed by atoms with E-state index < -0.39 is 6.04 Å². The summed E-state index contributed by atoms with van der Waals surface area (Å²) in [6, 6.07) is 14.2. The molecule has 4 nitrogen and oxygen atoms in total. The van der Waals surface area contributed by atoms with E-state index in [1.165, 1.54) is 4.90 Å². The maximum atomic E-state index is 12.9. The Kier molecular flexibility index (Phi) is 3.77. The molecule has 2 aliphatic heterocycles. The Labute approximate surface area is 149 Å². The third-order valence-electron chi connectivity index (χ3n) is 4.37. The van der Waals surface area contributed by atoms with Crippen molar-refractivity contribution in [1.29, 1.82) is 0 Å². The zero-order chi connectivity index (χ0) is 16.8. The van der Waals surface area contributed by atoms with Gasteiger partial charge in [0.2, 0.25) is 0 Å². The van der Waals surface area contributed by atoms with Gasteiger partial charge in [-0.2, -0.15) is 0 Å². The van der Waals surface area contributed by atoms with Gasteiger partial charge in [0.15, 0.2) is 0 Å². The molecule has 0 N–H and O–H groups in total. The molecule has 2 aliphatic rings. The summed E-state index contributed by atoms with van der Waals surface area (Å²) >= 11 is 7.56. The van der Waals surface area contributed by atoms with Crippen molar-refractivity contribution in [3.8, 4) is 0 Å². The average molecular weight is 359 g/mol. The van der Waals surface area contributed by atoms with E-state index in [0.29, 0.717) is 16.5 Å². The highest BCUT2D eigenvalue weighted by molar-refractivity contribution is 7.99. The van der Waals surface area contributed by atoms with Gasteiger partial charge in [0.05, 0.1) is 5.69 Å². The summed E-state index contributed by atoms with van der Waals surface area (Å²) in [5, 5.41) is 0.502. The Balaban J connectivity index is 1.67. The number of amides is 3. The van der Waals surface area contributed by atoms with Crippen LogP contribution in [0.25, 0.3) is 0 Å². The third kappa shape index (κ3) is 2.39. The standard InChI is InChI=1S/C18H15ClN2O2S/c1-11-2-8-14(9-3-11)20-16(22)15-10-24-17(21(15)18(20)23)12-4-6-13(19)7-5-12/h2-9,15,17H,10H2,1H3/t15-,17-/m1/s1. The van der Waals surface area contributed by atoms with Gasteiger partial charge < -0.3 is 0 Å². The van der Waals surface area contributed by atoms with Crippen molar-refractivity contribution in [3.05, 3.63) is 64.7 Å². The monoisotopic (exact) mass is 358 g/mol. The van der Waals surface area contributed by atoms with Crippen LogP contribution in [0, 0.1) is 6.92 Å². The molecule has 0 spiro atoms. The molecular weight excluding hydrogens is 344 g/mol. The van der Waals surface area contributed by atoms with E-state index in [9.17, 15) is 9.59 Å². The minimum atomic E-state index is -0.399. The number of rotatable bonds is 2. The number of carbonyl (C=O) groups excluding carboxylic acids is 2. The summed E-state index contributed by atoms with van der Waals surface area (Å²) in [5.41, 5.74) is 2.71. The quantitative estimate of drug-likeness (QED) is 0.754. The molecule has 2 heterocycles. The topological polar surface area (TPSA) is 40.6 Å². The maximum absolute atomic E-state index is 12.9. The lowest BCUT2D eigenvalue weighted by Gasteiger charge is -2.23. The molecule has 24 heavy (non-hydrogen) atoms. The van der Waals surface area contributed by atoms with Crippen LogP contribution >= 0.6 is 23.4 Å². The maximum Gasteiger partial charge on any atom is 0.333 e. The lowest BCUT2D eigenvalue weighted by atomic mass is 10.2. The van der Waals surface area contributed by atoms with E-state index in [2.05, 4.69) is 0 Å². The van der Waals surface area contributed by atoms with Crippen LogP contribution in [0.3, 0.4) is 0 Å². The normalized spacial score (nSPS) is 23.1. The summed E-state index contributed by atoms with van der Waals surface area (Å²) in [5.74, 6) is 0.466. The fourth-order valence-corrected chi connectivity index (χ4v) is 4.65. The number of benzene rings is 2. The predicted molar refractivity (Wildman–Crippen MR) is 96.3 cm³/mol. The van der Waals surface area contributed by atoms with E-state index in [4.69, 9.17) is 11.6 Å². The lowest BCUT2D eigenvalue weighted by Crippen LogP contribution is -2.33. The van der Waals surface area contributed by atoms with Crippen molar-refractivity contribution in [3.63, 3.8) is 0 Å². The van der Waals surface area contributed by atoms with Gasteiger partial charge in [-0.05, 0) is 36.8 Å². The average Bonchev–Trinajstić information content (AvgIpc) is 3.11. The van der Waals surface area contributed by atoms with Crippen molar-refractivity contribution < 1.29 is 9.59 Å². The number of hydrogen-bond acceptors (Lipinski definition) is 3. The number of hydrogen-bond donors (Lipinski definition) is 0. The number of fused-ring (bicyclic) bond motifs is 1. The van der Waals surface area contributed by atoms with Gasteiger partial charge in [-0.3, -0.25) is 9.69 Å². The number of imide groups is 1. The molecule has 2 atom stereocenters. The summed E-state index contributed by atoms with van der Waals surface area (Å²) in [4.78, 5) is 28.7. The summed E-state index contributed by atoms with van der Waals surface area (Å²) in [7, 11) is 0. The van der Waals surface area contributed by atoms with E-state index in [1.54, 1.807) is 16.7 Å². The van der Waals surface area contributed by atoms with Gasteiger partial charge in [0, 0.05) is 10.8 Å². The minimum absolute atomic E-state index is 0.146. The molecule has 122 valence electrons. The smallest absolute Gasteiger partial charge is 0.295 e. The van der Waals surface area contributed by atoms with Crippen LogP contribution in [0.4, 0.5) is 10.5 Å². The number of nitrogens with zero attached hydrogens (tertiary/aromatic N) is 2. The lowest BCUT2D eigenvalue weighted by molar-refractivity contribution is -0.119. The molecular formula is C18H15ClN2O2S. The second-order valence-corrected chi connectivity index (χ2v) is 7.50. The number of urea groups is 1. The van der Waals surface area contributed by atoms with E-state index >= 15 is 0 Å². The number of aryl methyl sites for hydroxylation is 1. The van der Waals surface area contributed by atoms with E-state index in [0.717, 1.165) is 11.1 Å². The van der Waals surface area contributed by atoms with Gasteiger partial charge in [-0.1, -0.05) is 41.4 Å². The van der Waals surface area contributed by atoms with Crippen LogP contribution in [0.1, 0.15) is 16.5 Å². The second kappa shape index (κ2) is 5.83. The largest absolute Gasteiger partial charge is 0.333 e. The van der Waals surface area contributed by atoms with Crippen LogP contribution in [0.2, 0.25) is 5.02 Å². The minimum Gasteiger partial charge on any atom is -0.295 e. The van der Waals surface area contributed by atoms with Crippen LogP contribution in [0.5, 0.6) is 0 Å². The van der Waals surface area contributed by atoms with Crippen molar-refractivity contribution in [2.24, 2.45) is 0 Å². The van der Waals surface area contributed by atoms with Crippen LogP contribution < -0.4 is 4.90 Å². The molecule has 2 aromatic rings.